The summed E-state index contributed by atoms with van der Waals surface area (Å²) in [6.07, 6.45) is 0. The third-order valence-electron chi connectivity index (χ3n) is 1.91. The van der Waals surface area contributed by atoms with E-state index in [0.29, 0.717) is 18.2 Å². The Morgan fingerprint density at radius 2 is 2.27 bits per heavy atom. The lowest BCUT2D eigenvalue weighted by molar-refractivity contribution is 0.365. The van der Waals surface area contributed by atoms with Crippen LogP contribution in [0.25, 0.3) is 0 Å². The number of ether oxygens (including phenoxy) is 1. The molecule has 15 heavy (non-hydrogen) atoms. The van der Waals surface area contributed by atoms with Gasteiger partial charge in [0.15, 0.2) is 0 Å². The summed E-state index contributed by atoms with van der Waals surface area (Å²) >= 11 is 6.06. The van der Waals surface area contributed by atoms with Crippen LogP contribution in [-0.2, 0) is 6.54 Å². The summed E-state index contributed by atoms with van der Waals surface area (Å²) in [6, 6.07) is 5.62. The van der Waals surface area contributed by atoms with Crippen molar-refractivity contribution >= 4 is 11.6 Å². The van der Waals surface area contributed by atoms with Crippen LogP contribution in [0.1, 0.15) is 12.5 Å². The molecule has 0 unspecified atom stereocenters. The minimum Gasteiger partial charge on any atom is -0.481 e. The van der Waals surface area contributed by atoms with Crippen LogP contribution in [-0.4, -0.2) is 13.7 Å². The lowest BCUT2D eigenvalue weighted by Gasteiger charge is -2.10. The van der Waals surface area contributed by atoms with E-state index in [4.69, 9.17) is 16.3 Å². The van der Waals surface area contributed by atoms with Gasteiger partial charge in [0.25, 0.3) is 0 Å². The highest BCUT2D eigenvalue weighted by Gasteiger charge is 2.06. The molecule has 1 N–H and O–H groups in total. The number of hydrogen-bond donors (Lipinski definition) is 1. The van der Waals surface area contributed by atoms with Gasteiger partial charge in [0, 0.05) is 17.1 Å². The van der Waals surface area contributed by atoms with Gasteiger partial charge in [-0.1, -0.05) is 23.6 Å². The van der Waals surface area contributed by atoms with Crippen molar-refractivity contribution in [2.75, 3.05) is 13.7 Å². The minimum absolute atomic E-state index is 0.396. The van der Waals surface area contributed by atoms with Crippen molar-refractivity contribution in [3.63, 3.8) is 0 Å². The highest BCUT2D eigenvalue weighted by atomic mass is 35.5. The monoisotopic (exact) mass is 223 g/mol. The van der Waals surface area contributed by atoms with Gasteiger partial charge < -0.3 is 10.1 Å². The Kier molecular flexibility index (Phi) is 5.03. The van der Waals surface area contributed by atoms with Crippen LogP contribution in [0.4, 0.5) is 0 Å². The van der Waals surface area contributed by atoms with Crippen LogP contribution in [0.2, 0.25) is 5.02 Å². The zero-order chi connectivity index (χ0) is 11.1. The average Bonchev–Trinajstić information content (AvgIpc) is 2.23. The SMILES string of the molecule is CC#CCOc1cccc(Cl)c1CNC. The number of nitrogens with one attached hydrogen (secondary N) is 1. The fourth-order valence-corrected chi connectivity index (χ4v) is 1.44. The Labute approximate surface area is 95.6 Å². The molecule has 0 heterocycles. The smallest absolute Gasteiger partial charge is 0.149 e. The molecule has 1 aromatic rings. The maximum Gasteiger partial charge on any atom is 0.149 e. The van der Waals surface area contributed by atoms with E-state index in [0.717, 1.165) is 11.3 Å². The molecule has 0 spiro atoms. The van der Waals surface area contributed by atoms with Crippen molar-refractivity contribution in [1.29, 1.82) is 0 Å². The first-order valence-electron chi connectivity index (χ1n) is 4.74. The van der Waals surface area contributed by atoms with Gasteiger partial charge in [-0.2, -0.15) is 0 Å². The van der Waals surface area contributed by atoms with Gasteiger partial charge in [0.2, 0.25) is 0 Å². The van der Waals surface area contributed by atoms with Crippen molar-refractivity contribution in [2.45, 2.75) is 13.5 Å². The molecule has 1 aromatic carbocycles. The van der Waals surface area contributed by atoms with Crippen LogP contribution >= 0.6 is 11.6 Å². The van der Waals surface area contributed by atoms with Crippen molar-refractivity contribution in [3.8, 4) is 17.6 Å². The number of rotatable bonds is 4. The first-order valence-corrected chi connectivity index (χ1v) is 5.11. The molecule has 0 aromatic heterocycles. The van der Waals surface area contributed by atoms with Crippen LogP contribution in [0.3, 0.4) is 0 Å². The standard InChI is InChI=1S/C12H14ClNO/c1-3-4-8-15-12-7-5-6-11(13)10(12)9-14-2/h5-7,14H,8-9H2,1-2H3. The van der Waals surface area contributed by atoms with Crippen molar-refractivity contribution in [2.24, 2.45) is 0 Å². The van der Waals surface area contributed by atoms with E-state index in [1.807, 2.05) is 25.2 Å². The van der Waals surface area contributed by atoms with Gasteiger partial charge in [-0.05, 0) is 26.1 Å². The molecule has 80 valence electrons. The second kappa shape index (κ2) is 6.34. The van der Waals surface area contributed by atoms with Crippen molar-refractivity contribution in [1.82, 2.24) is 5.32 Å². The topological polar surface area (TPSA) is 21.3 Å². The summed E-state index contributed by atoms with van der Waals surface area (Å²) < 4.78 is 5.51. The third-order valence-corrected chi connectivity index (χ3v) is 2.26. The second-order valence-corrected chi connectivity index (χ2v) is 3.37. The zero-order valence-corrected chi connectivity index (χ0v) is 9.69. The molecule has 0 bridgehead atoms. The van der Waals surface area contributed by atoms with E-state index in [2.05, 4.69) is 17.2 Å². The van der Waals surface area contributed by atoms with E-state index < -0.39 is 0 Å². The molecule has 0 saturated carbocycles. The quantitative estimate of drug-likeness (QED) is 0.792. The van der Waals surface area contributed by atoms with Gasteiger partial charge in [0.05, 0.1) is 0 Å². The van der Waals surface area contributed by atoms with Crippen LogP contribution in [0.5, 0.6) is 5.75 Å². The van der Waals surface area contributed by atoms with Gasteiger partial charge in [-0.15, -0.1) is 5.92 Å². The summed E-state index contributed by atoms with van der Waals surface area (Å²) in [4.78, 5) is 0. The summed E-state index contributed by atoms with van der Waals surface area (Å²) in [7, 11) is 1.87. The number of halogens is 1. The molecule has 0 aliphatic heterocycles. The van der Waals surface area contributed by atoms with E-state index in [-0.39, 0.29) is 0 Å². The van der Waals surface area contributed by atoms with Gasteiger partial charge in [0.1, 0.15) is 12.4 Å². The normalized spacial score (nSPS) is 9.27. The maximum absolute atomic E-state index is 6.06. The van der Waals surface area contributed by atoms with Gasteiger partial charge >= 0.3 is 0 Å². The predicted molar refractivity (Wildman–Crippen MR) is 63.2 cm³/mol. The van der Waals surface area contributed by atoms with Crippen LogP contribution in [0, 0.1) is 11.8 Å². The average molecular weight is 224 g/mol. The van der Waals surface area contributed by atoms with Crippen LogP contribution in [0.15, 0.2) is 18.2 Å². The third kappa shape index (κ3) is 3.47. The maximum atomic E-state index is 6.06. The Bertz CT molecular complexity index is 379. The summed E-state index contributed by atoms with van der Waals surface area (Å²) in [6.45, 7) is 2.87. The molecule has 0 fully saturated rings. The van der Waals surface area contributed by atoms with E-state index in [1.165, 1.54) is 0 Å². The Balaban J connectivity index is 2.83. The number of hydrogen-bond acceptors (Lipinski definition) is 2. The van der Waals surface area contributed by atoms with Crippen molar-refractivity contribution < 1.29 is 4.74 Å². The number of benzene rings is 1. The van der Waals surface area contributed by atoms with E-state index in [9.17, 15) is 0 Å². The molecule has 0 atom stereocenters. The lowest BCUT2D eigenvalue weighted by atomic mass is 10.2. The molecule has 0 saturated heterocycles. The second-order valence-electron chi connectivity index (χ2n) is 2.96. The lowest BCUT2D eigenvalue weighted by Crippen LogP contribution is -2.08. The summed E-state index contributed by atoms with van der Waals surface area (Å²) in [5, 5.41) is 3.77. The Hall–Kier alpha value is -1.17. The minimum atomic E-state index is 0.396. The first kappa shape index (κ1) is 11.9. The summed E-state index contributed by atoms with van der Waals surface area (Å²) in [5.41, 5.74) is 0.972. The first-order chi connectivity index (χ1) is 7.29. The van der Waals surface area contributed by atoms with Gasteiger partial charge in [-0.25, -0.2) is 0 Å². The highest BCUT2D eigenvalue weighted by molar-refractivity contribution is 6.31. The fourth-order valence-electron chi connectivity index (χ4n) is 1.21. The molecular weight excluding hydrogens is 210 g/mol. The molecular formula is C12H14ClNO. The van der Waals surface area contributed by atoms with Crippen LogP contribution < -0.4 is 10.1 Å². The molecule has 1 rings (SSSR count). The van der Waals surface area contributed by atoms with E-state index >= 15 is 0 Å². The molecule has 0 aliphatic rings. The molecule has 0 aliphatic carbocycles. The molecule has 2 nitrogen and oxygen atoms in total. The predicted octanol–water partition coefficient (Wildman–Crippen LogP) is 2.46. The van der Waals surface area contributed by atoms with Gasteiger partial charge in [-0.3, -0.25) is 0 Å². The molecule has 0 radical (unpaired) electrons. The molecule has 0 amide bonds. The largest absolute Gasteiger partial charge is 0.481 e. The Morgan fingerprint density at radius 3 is 2.93 bits per heavy atom. The summed E-state index contributed by atoms with van der Waals surface area (Å²) in [5.74, 6) is 6.42. The van der Waals surface area contributed by atoms with Crippen molar-refractivity contribution in [3.05, 3.63) is 28.8 Å². The Morgan fingerprint density at radius 1 is 1.47 bits per heavy atom. The fraction of sp³-hybridized carbons (Fsp3) is 0.333. The van der Waals surface area contributed by atoms with E-state index in [1.54, 1.807) is 6.92 Å². The molecule has 3 heteroatoms. The zero-order valence-electron chi connectivity index (χ0n) is 8.93. The highest BCUT2D eigenvalue weighted by Crippen LogP contribution is 2.26.